The molecule has 0 heterocycles. The summed E-state index contributed by atoms with van der Waals surface area (Å²) in [6, 6.07) is 4.96. The van der Waals surface area contributed by atoms with Crippen LogP contribution in [0.3, 0.4) is 0 Å². The van der Waals surface area contributed by atoms with Crippen LogP contribution < -0.4 is 5.32 Å². The van der Waals surface area contributed by atoms with Crippen molar-refractivity contribution in [1.82, 2.24) is 0 Å². The van der Waals surface area contributed by atoms with Crippen molar-refractivity contribution in [3.8, 4) is 0 Å². The summed E-state index contributed by atoms with van der Waals surface area (Å²) >= 11 is 12.0. The van der Waals surface area contributed by atoms with Gasteiger partial charge < -0.3 is 10.1 Å². The first-order valence-electron chi connectivity index (χ1n) is 6.09. The number of ether oxygens (including phenoxy) is 1. The quantitative estimate of drug-likeness (QED) is 0.687. The number of rotatable bonds is 3. The van der Waals surface area contributed by atoms with E-state index in [4.69, 9.17) is 23.2 Å². The second-order valence-corrected chi connectivity index (χ2v) is 6.67. The number of carbonyl (C=O) groups is 2. The minimum absolute atomic E-state index is 0.257. The molecule has 2 rings (SSSR count). The Labute approximate surface area is 127 Å². The molecule has 0 radical (unpaired) electrons. The third-order valence-electron chi connectivity index (χ3n) is 3.67. The van der Waals surface area contributed by atoms with Gasteiger partial charge in [0.1, 0.15) is 4.33 Å². The summed E-state index contributed by atoms with van der Waals surface area (Å²) in [4.78, 5) is 23.7. The predicted octanol–water partition coefficient (Wildman–Crippen LogP) is 3.30. The Balaban J connectivity index is 2.22. The van der Waals surface area contributed by atoms with E-state index >= 15 is 0 Å². The van der Waals surface area contributed by atoms with Crippen LogP contribution in [0, 0.1) is 12.3 Å². The summed E-state index contributed by atoms with van der Waals surface area (Å²) in [5.74, 6) is -0.713. The largest absolute Gasteiger partial charge is 0.465 e. The SMILES string of the molecule is COC(=O)c1ccc(C)c(NC(=O)C2(C)CC2(Cl)Cl)c1. The Morgan fingerprint density at radius 3 is 2.45 bits per heavy atom. The number of alkyl halides is 2. The van der Waals surface area contributed by atoms with Crippen LogP contribution in [0.15, 0.2) is 18.2 Å². The van der Waals surface area contributed by atoms with Crippen molar-refractivity contribution in [1.29, 1.82) is 0 Å². The number of hydrogen-bond acceptors (Lipinski definition) is 3. The van der Waals surface area contributed by atoms with E-state index in [2.05, 4.69) is 10.1 Å². The molecule has 6 heteroatoms. The first-order valence-corrected chi connectivity index (χ1v) is 6.85. The van der Waals surface area contributed by atoms with Gasteiger partial charge in [-0.25, -0.2) is 4.79 Å². The molecule has 0 aromatic heterocycles. The third-order valence-corrected chi connectivity index (χ3v) is 4.77. The lowest BCUT2D eigenvalue weighted by molar-refractivity contribution is -0.120. The molecule has 0 spiro atoms. The molecule has 0 aliphatic heterocycles. The smallest absolute Gasteiger partial charge is 0.337 e. The number of methoxy groups -OCH3 is 1. The average Bonchev–Trinajstić information content (AvgIpc) is 2.91. The maximum atomic E-state index is 12.2. The molecule has 108 valence electrons. The first-order chi connectivity index (χ1) is 9.21. The number of carbonyl (C=O) groups excluding carboxylic acids is 2. The van der Waals surface area contributed by atoms with E-state index in [1.165, 1.54) is 7.11 Å². The normalized spacial score (nSPS) is 23.1. The number of amides is 1. The Morgan fingerprint density at radius 2 is 1.95 bits per heavy atom. The van der Waals surface area contributed by atoms with Crippen molar-refractivity contribution in [2.45, 2.75) is 24.6 Å². The number of aryl methyl sites for hydroxylation is 1. The number of hydrogen-bond donors (Lipinski definition) is 1. The number of esters is 1. The average molecular weight is 316 g/mol. The maximum absolute atomic E-state index is 12.2. The summed E-state index contributed by atoms with van der Waals surface area (Å²) in [6.07, 6.45) is 0.407. The van der Waals surface area contributed by atoms with Crippen molar-refractivity contribution >= 4 is 40.8 Å². The van der Waals surface area contributed by atoms with Crippen LogP contribution in [-0.4, -0.2) is 23.3 Å². The number of benzene rings is 1. The van der Waals surface area contributed by atoms with Gasteiger partial charge in [-0.3, -0.25) is 4.79 Å². The Kier molecular flexibility index (Phi) is 3.73. The van der Waals surface area contributed by atoms with Crippen molar-refractivity contribution in [3.63, 3.8) is 0 Å². The zero-order valence-corrected chi connectivity index (χ0v) is 12.9. The van der Waals surface area contributed by atoms with Crippen molar-refractivity contribution in [2.75, 3.05) is 12.4 Å². The van der Waals surface area contributed by atoms with Gasteiger partial charge in [0.05, 0.1) is 18.1 Å². The highest BCUT2D eigenvalue weighted by Crippen LogP contribution is 2.64. The third kappa shape index (κ3) is 2.50. The summed E-state index contributed by atoms with van der Waals surface area (Å²) in [5.41, 5.74) is 0.960. The highest BCUT2D eigenvalue weighted by atomic mass is 35.5. The van der Waals surface area contributed by atoms with E-state index < -0.39 is 15.7 Å². The highest BCUT2D eigenvalue weighted by Gasteiger charge is 2.67. The van der Waals surface area contributed by atoms with Crippen LogP contribution in [-0.2, 0) is 9.53 Å². The van der Waals surface area contributed by atoms with Gasteiger partial charge in [0.25, 0.3) is 0 Å². The van der Waals surface area contributed by atoms with Crippen molar-refractivity contribution in [2.24, 2.45) is 5.41 Å². The Morgan fingerprint density at radius 1 is 1.35 bits per heavy atom. The minimum Gasteiger partial charge on any atom is -0.465 e. The molecule has 1 fully saturated rings. The Bertz CT molecular complexity index is 586. The lowest BCUT2D eigenvalue weighted by atomic mass is 10.1. The Hall–Kier alpha value is -1.26. The zero-order chi connectivity index (χ0) is 15.1. The van der Waals surface area contributed by atoms with Gasteiger partial charge in [-0.1, -0.05) is 6.07 Å². The monoisotopic (exact) mass is 315 g/mol. The molecule has 20 heavy (non-hydrogen) atoms. The predicted molar refractivity (Wildman–Crippen MR) is 78.3 cm³/mol. The number of anilines is 1. The van der Waals surface area contributed by atoms with E-state index in [1.807, 2.05) is 6.92 Å². The standard InChI is InChI=1S/C14H15Cl2NO3/c1-8-4-5-9(11(18)20-3)6-10(8)17-12(19)13(2)7-14(13,15)16/h4-6H,7H2,1-3H3,(H,17,19). The summed E-state index contributed by atoms with van der Waals surface area (Å²) < 4.78 is 3.63. The van der Waals surface area contributed by atoms with E-state index in [-0.39, 0.29) is 5.91 Å². The lowest BCUT2D eigenvalue weighted by Crippen LogP contribution is -2.26. The maximum Gasteiger partial charge on any atom is 0.337 e. The molecule has 1 aromatic rings. The van der Waals surface area contributed by atoms with Crippen LogP contribution in [0.1, 0.15) is 29.3 Å². The van der Waals surface area contributed by atoms with Crippen LogP contribution in [0.2, 0.25) is 0 Å². The van der Waals surface area contributed by atoms with Gasteiger partial charge in [0.2, 0.25) is 5.91 Å². The summed E-state index contributed by atoms with van der Waals surface area (Å²) in [7, 11) is 1.31. The van der Waals surface area contributed by atoms with Crippen LogP contribution in [0.5, 0.6) is 0 Å². The molecular formula is C14H15Cl2NO3. The van der Waals surface area contributed by atoms with E-state index in [0.717, 1.165) is 5.56 Å². The fourth-order valence-electron chi connectivity index (χ4n) is 1.91. The van der Waals surface area contributed by atoms with Gasteiger partial charge >= 0.3 is 5.97 Å². The van der Waals surface area contributed by atoms with Gasteiger partial charge in [0, 0.05) is 5.69 Å². The highest BCUT2D eigenvalue weighted by molar-refractivity contribution is 6.53. The molecular weight excluding hydrogens is 301 g/mol. The number of halogens is 2. The second-order valence-electron chi connectivity index (χ2n) is 5.19. The molecule has 0 saturated heterocycles. The van der Waals surface area contributed by atoms with Gasteiger partial charge in [-0.2, -0.15) is 0 Å². The van der Waals surface area contributed by atoms with Gasteiger partial charge in [-0.05, 0) is 38.0 Å². The van der Waals surface area contributed by atoms with Crippen LogP contribution in [0.25, 0.3) is 0 Å². The van der Waals surface area contributed by atoms with E-state index in [0.29, 0.717) is 17.7 Å². The van der Waals surface area contributed by atoms with Crippen LogP contribution >= 0.6 is 23.2 Å². The number of nitrogens with one attached hydrogen (secondary N) is 1. The molecule has 1 aliphatic rings. The molecule has 1 amide bonds. The van der Waals surface area contributed by atoms with Crippen LogP contribution in [0.4, 0.5) is 5.69 Å². The van der Waals surface area contributed by atoms with Gasteiger partial charge in [-0.15, -0.1) is 23.2 Å². The molecule has 1 unspecified atom stereocenters. The molecule has 1 aliphatic carbocycles. The molecule has 1 saturated carbocycles. The summed E-state index contributed by atoms with van der Waals surface area (Å²) in [6.45, 7) is 3.54. The summed E-state index contributed by atoms with van der Waals surface area (Å²) in [5, 5.41) is 2.77. The molecule has 1 atom stereocenters. The zero-order valence-electron chi connectivity index (χ0n) is 11.4. The van der Waals surface area contributed by atoms with Crippen molar-refractivity contribution in [3.05, 3.63) is 29.3 Å². The minimum atomic E-state index is -1.02. The first kappa shape index (κ1) is 15.1. The fraction of sp³-hybridized carbons (Fsp3) is 0.429. The fourth-order valence-corrected chi connectivity index (χ4v) is 2.61. The molecule has 1 N–H and O–H groups in total. The second kappa shape index (κ2) is 4.93. The van der Waals surface area contributed by atoms with E-state index in [1.54, 1.807) is 25.1 Å². The van der Waals surface area contributed by atoms with Gasteiger partial charge in [0.15, 0.2) is 0 Å². The molecule has 0 bridgehead atoms. The van der Waals surface area contributed by atoms with E-state index in [9.17, 15) is 9.59 Å². The van der Waals surface area contributed by atoms with Crippen molar-refractivity contribution < 1.29 is 14.3 Å². The lowest BCUT2D eigenvalue weighted by Gasteiger charge is -2.15. The molecule has 4 nitrogen and oxygen atoms in total. The topological polar surface area (TPSA) is 55.4 Å². The molecule has 1 aromatic carbocycles.